The number of rotatable bonds is 7. The first-order valence-corrected chi connectivity index (χ1v) is 10.6. The zero-order valence-electron chi connectivity index (χ0n) is 16.6. The molecule has 0 bridgehead atoms. The van der Waals surface area contributed by atoms with E-state index >= 15 is 0 Å². The number of carbonyl (C=O) groups is 1. The summed E-state index contributed by atoms with van der Waals surface area (Å²) in [5.74, 6) is 0.526. The van der Waals surface area contributed by atoms with Crippen LogP contribution in [0.5, 0.6) is 11.5 Å². The van der Waals surface area contributed by atoms with Gasteiger partial charge in [0.25, 0.3) is 10.0 Å². The molecule has 1 aliphatic heterocycles. The lowest BCUT2D eigenvalue weighted by Crippen LogP contribution is -2.37. The minimum atomic E-state index is -4.00. The van der Waals surface area contributed by atoms with E-state index in [0.717, 1.165) is 5.69 Å². The number of anilines is 1. The first kappa shape index (κ1) is 21.6. The van der Waals surface area contributed by atoms with Gasteiger partial charge in [-0.3, -0.25) is 9.71 Å². The third kappa shape index (κ3) is 4.73. The number of halogens is 1. The molecule has 0 spiro atoms. The summed E-state index contributed by atoms with van der Waals surface area (Å²) < 4.78 is 55.6. The Hall–Kier alpha value is -3.08. The molecular weight excluding hydrogens is 417 g/mol. The monoisotopic (exact) mass is 439 g/mol. The summed E-state index contributed by atoms with van der Waals surface area (Å²) in [4.78, 5) is 17.6. The molecular formula is C19H22FN3O6S. The van der Waals surface area contributed by atoms with Crippen molar-refractivity contribution in [3.63, 3.8) is 0 Å². The van der Waals surface area contributed by atoms with E-state index in [-0.39, 0.29) is 29.5 Å². The minimum absolute atomic E-state index is 0.0847. The molecule has 2 heterocycles. The van der Waals surface area contributed by atoms with Gasteiger partial charge in [-0.1, -0.05) is 0 Å². The molecule has 2 aromatic rings. The fourth-order valence-corrected chi connectivity index (χ4v) is 4.28. The first-order chi connectivity index (χ1) is 14.4. The Balaban J connectivity index is 1.83. The number of carbonyl (C=O) groups excluding carboxylic acids is 1. The van der Waals surface area contributed by atoms with Crippen LogP contribution in [0.2, 0.25) is 0 Å². The summed E-state index contributed by atoms with van der Waals surface area (Å²) in [5.41, 5.74) is 1.67. The lowest BCUT2D eigenvalue weighted by Gasteiger charge is -2.27. The number of nitrogens with zero attached hydrogens (tertiary/aromatic N) is 2. The normalized spacial score (nSPS) is 13.4. The van der Waals surface area contributed by atoms with Gasteiger partial charge in [0.2, 0.25) is 0 Å². The minimum Gasteiger partial charge on any atom is -0.497 e. The standard InChI is InChI=1S/C19H22FN3O6S/c1-27-15-3-4-17(28-2)18(10-15)30(25,26)22-14-9-13-12-23(19(24)29-8-6-20)7-5-16(13)21-11-14/h3-4,9-11,22H,5-8,12H2,1-2H3. The molecule has 1 aliphatic rings. The van der Waals surface area contributed by atoms with Crippen molar-refractivity contribution in [1.82, 2.24) is 9.88 Å². The van der Waals surface area contributed by atoms with E-state index in [1.54, 1.807) is 12.1 Å². The van der Waals surface area contributed by atoms with Crippen LogP contribution in [0.15, 0.2) is 35.4 Å². The molecule has 0 radical (unpaired) electrons. The molecule has 9 nitrogen and oxygen atoms in total. The molecule has 1 aromatic heterocycles. The predicted molar refractivity (Wildman–Crippen MR) is 106 cm³/mol. The Kier molecular flexibility index (Phi) is 6.60. The van der Waals surface area contributed by atoms with Gasteiger partial charge in [-0.15, -0.1) is 0 Å². The summed E-state index contributed by atoms with van der Waals surface area (Å²) in [6, 6.07) is 6.06. The summed E-state index contributed by atoms with van der Waals surface area (Å²) in [6.07, 6.45) is 1.28. The van der Waals surface area contributed by atoms with Crippen molar-refractivity contribution in [2.75, 3.05) is 38.8 Å². The molecule has 0 saturated carbocycles. The topological polar surface area (TPSA) is 107 Å². The van der Waals surface area contributed by atoms with Gasteiger partial charge in [0.05, 0.1) is 32.6 Å². The zero-order valence-corrected chi connectivity index (χ0v) is 17.4. The maximum Gasteiger partial charge on any atom is 0.410 e. The highest BCUT2D eigenvalue weighted by atomic mass is 32.2. The summed E-state index contributed by atoms with van der Waals surface area (Å²) in [7, 11) is -1.19. The quantitative estimate of drug-likeness (QED) is 0.706. The number of benzene rings is 1. The van der Waals surface area contributed by atoms with Crippen LogP contribution in [0.3, 0.4) is 0 Å². The van der Waals surface area contributed by atoms with E-state index in [4.69, 9.17) is 14.2 Å². The van der Waals surface area contributed by atoms with Gasteiger partial charge < -0.3 is 19.1 Å². The first-order valence-electron chi connectivity index (χ1n) is 9.08. The number of sulfonamides is 1. The Labute approximate surface area is 173 Å². The number of aromatic nitrogens is 1. The fourth-order valence-electron chi connectivity index (χ4n) is 3.06. The van der Waals surface area contributed by atoms with Gasteiger partial charge >= 0.3 is 6.09 Å². The maximum atomic E-state index is 12.9. The number of pyridine rings is 1. The smallest absolute Gasteiger partial charge is 0.410 e. The average molecular weight is 439 g/mol. The van der Waals surface area contributed by atoms with Crippen LogP contribution < -0.4 is 14.2 Å². The lowest BCUT2D eigenvalue weighted by atomic mass is 10.1. The molecule has 3 rings (SSSR count). The second-order valence-electron chi connectivity index (χ2n) is 6.43. The Morgan fingerprint density at radius 3 is 2.77 bits per heavy atom. The fraction of sp³-hybridized carbons (Fsp3) is 0.368. The number of fused-ring (bicyclic) bond motifs is 1. The number of methoxy groups -OCH3 is 2. The van der Waals surface area contributed by atoms with Crippen LogP contribution in [0.4, 0.5) is 14.9 Å². The highest BCUT2D eigenvalue weighted by molar-refractivity contribution is 7.92. The Morgan fingerprint density at radius 1 is 1.27 bits per heavy atom. The molecule has 0 fully saturated rings. The van der Waals surface area contributed by atoms with Crippen LogP contribution >= 0.6 is 0 Å². The molecule has 1 aromatic carbocycles. The third-order valence-electron chi connectivity index (χ3n) is 4.51. The highest BCUT2D eigenvalue weighted by Crippen LogP contribution is 2.30. The van der Waals surface area contributed by atoms with Crippen molar-refractivity contribution in [3.8, 4) is 11.5 Å². The summed E-state index contributed by atoms with van der Waals surface area (Å²) >= 11 is 0. The second kappa shape index (κ2) is 9.16. The van der Waals surface area contributed by atoms with Gasteiger partial charge in [-0.2, -0.15) is 0 Å². The third-order valence-corrected chi connectivity index (χ3v) is 5.92. The number of hydrogen-bond acceptors (Lipinski definition) is 7. The van der Waals surface area contributed by atoms with Crippen molar-refractivity contribution in [1.29, 1.82) is 0 Å². The molecule has 0 saturated heterocycles. The lowest BCUT2D eigenvalue weighted by molar-refractivity contribution is 0.0919. The largest absolute Gasteiger partial charge is 0.497 e. The van der Waals surface area contributed by atoms with Gasteiger partial charge in [0.1, 0.15) is 29.7 Å². The molecule has 1 amide bonds. The molecule has 0 atom stereocenters. The second-order valence-corrected chi connectivity index (χ2v) is 8.08. The van der Waals surface area contributed by atoms with E-state index in [2.05, 4.69) is 9.71 Å². The average Bonchev–Trinajstić information content (AvgIpc) is 2.76. The van der Waals surface area contributed by atoms with Crippen LogP contribution in [0.25, 0.3) is 0 Å². The van der Waals surface area contributed by atoms with Gasteiger partial charge in [-0.25, -0.2) is 17.6 Å². The van der Waals surface area contributed by atoms with Crippen molar-refractivity contribution >= 4 is 21.8 Å². The molecule has 1 N–H and O–H groups in total. The van der Waals surface area contributed by atoms with Gasteiger partial charge in [0, 0.05) is 24.7 Å². The highest BCUT2D eigenvalue weighted by Gasteiger charge is 2.25. The van der Waals surface area contributed by atoms with Crippen LogP contribution in [0, 0.1) is 0 Å². The predicted octanol–water partition coefficient (Wildman–Crippen LogP) is 2.36. The molecule has 0 aliphatic carbocycles. The van der Waals surface area contributed by atoms with E-state index in [9.17, 15) is 17.6 Å². The van der Waals surface area contributed by atoms with Crippen LogP contribution in [-0.4, -0.2) is 58.4 Å². The molecule has 0 unspecified atom stereocenters. The van der Waals surface area contributed by atoms with Crippen molar-refractivity contribution in [2.24, 2.45) is 0 Å². The number of ether oxygens (including phenoxy) is 3. The molecule has 30 heavy (non-hydrogen) atoms. The number of nitrogens with one attached hydrogen (secondary N) is 1. The van der Waals surface area contributed by atoms with Crippen molar-refractivity contribution < 1.29 is 31.8 Å². The van der Waals surface area contributed by atoms with Crippen molar-refractivity contribution in [3.05, 3.63) is 41.7 Å². The van der Waals surface area contributed by atoms with Crippen molar-refractivity contribution in [2.45, 2.75) is 17.9 Å². The molecule has 11 heteroatoms. The van der Waals surface area contributed by atoms with E-state index < -0.39 is 22.8 Å². The van der Waals surface area contributed by atoms with Gasteiger partial charge in [0.15, 0.2) is 0 Å². The Bertz CT molecular complexity index is 1030. The summed E-state index contributed by atoms with van der Waals surface area (Å²) in [6.45, 7) is -0.483. The number of amides is 1. The summed E-state index contributed by atoms with van der Waals surface area (Å²) in [5, 5.41) is 0. The van der Waals surface area contributed by atoms with Gasteiger partial charge in [-0.05, 0) is 23.8 Å². The zero-order chi connectivity index (χ0) is 21.7. The molecule has 162 valence electrons. The van der Waals surface area contributed by atoms with E-state index in [0.29, 0.717) is 24.3 Å². The number of hydrogen-bond donors (Lipinski definition) is 1. The SMILES string of the molecule is COc1ccc(OC)c(S(=O)(=O)Nc2cnc3c(c2)CN(C(=O)OCCF)CC3)c1. The maximum absolute atomic E-state index is 12.9. The van der Waals surface area contributed by atoms with Crippen LogP contribution in [0.1, 0.15) is 11.3 Å². The van der Waals surface area contributed by atoms with E-state index in [1.807, 2.05) is 0 Å². The number of alkyl halides is 1. The van der Waals surface area contributed by atoms with E-state index in [1.165, 1.54) is 37.4 Å². The Morgan fingerprint density at radius 2 is 2.07 bits per heavy atom. The van der Waals surface area contributed by atoms with Crippen LogP contribution in [-0.2, 0) is 27.7 Å².